The third-order valence-corrected chi connectivity index (χ3v) is 5.11. The van der Waals surface area contributed by atoms with Gasteiger partial charge in [0.25, 0.3) is 5.91 Å². The van der Waals surface area contributed by atoms with Crippen LogP contribution in [0.5, 0.6) is 0 Å². The molecule has 0 unspecified atom stereocenters. The molecule has 1 aromatic heterocycles. The molecule has 0 aromatic carbocycles. The highest BCUT2D eigenvalue weighted by atomic mass is 79.9. The molecule has 2 rings (SSSR count). The van der Waals surface area contributed by atoms with Crippen LogP contribution in [-0.4, -0.2) is 49.4 Å². The first kappa shape index (κ1) is 14.0. The lowest BCUT2D eigenvalue weighted by atomic mass is 9.96. The van der Waals surface area contributed by atoms with Crippen LogP contribution in [0.1, 0.15) is 22.5 Å². The lowest BCUT2D eigenvalue weighted by molar-refractivity contribution is 0.0752. The van der Waals surface area contributed by atoms with Crippen LogP contribution >= 0.6 is 27.3 Å². The van der Waals surface area contributed by atoms with Crippen LogP contribution < -0.4 is 0 Å². The second-order valence-electron chi connectivity index (χ2n) is 5.04. The number of halogens is 1. The zero-order valence-electron chi connectivity index (χ0n) is 10.9. The molecule has 1 amide bonds. The second-order valence-corrected chi connectivity index (χ2v) is 7.50. The Morgan fingerprint density at radius 2 is 2.17 bits per heavy atom. The fourth-order valence-electron chi connectivity index (χ4n) is 2.33. The van der Waals surface area contributed by atoms with E-state index in [-0.39, 0.29) is 5.91 Å². The number of rotatable bonds is 3. The SMILES string of the molecule is CN1CCC(CN(C)C(=O)c2ccc(Br)s2)CC1. The maximum absolute atomic E-state index is 12.2. The first-order valence-electron chi connectivity index (χ1n) is 6.25. The summed E-state index contributed by atoms with van der Waals surface area (Å²) >= 11 is 4.90. The largest absolute Gasteiger partial charge is 0.341 e. The number of nitrogens with zero attached hydrogens (tertiary/aromatic N) is 2. The standard InChI is InChI=1S/C13H19BrN2OS/c1-15-7-5-10(6-8-15)9-16(2)13(17)11-3-4-12(14)18-11/h3-4,10H,5-9H2,1-2H3. The summed E-state index contributed by atoms with van der Waals surface area (Å²) < 4.78 is 1.01. The van der Waals surface area contributed by atoms with Crippen molar-refractivity contribution in [2.24, 2.45) is 5.92 Å². The molecular formula is C13H19BrN2OS. The summed E-state index contributed by atoms with van der Waals surface area (Å²) in [4.78, 5) is 17.2. The lowest BCUT2D eigenvalue weighted by Gasteiger charge is -2.31. The Kier molecular flexibility index (Phi) is 4.81. The van der Waals surface area contributed by atoms with Crippen molar-refractivity contribution in [3.8, 4) is 0 Å². The molecule has 0 atom stereocenters. The molecule has 18 heavy (non-hydrogen) atoms. The van der Waals surface area contributed by atoms with Crippen LogP contribution in [0.4, 0.5) is 0 Å². The van der Waals surface area contributed by atoms with Gasteiger partial charge in [0.15, 0.2) is 0 Å². The van der Waals surface area contributed by atoms with E-state index in [1.807, 2.05) is 24.1 Å². The van der Waals surface area contributed by atoms with Gasteiger partial charge < -0.3 is 9.80 Å². The summed E-state index contributed by atoms with van der Waals surface area (Å²) in [5.74, 6) is 0.795. The molecule has 0 aliphatic carbocycles. The quantitative estimate of drug-likeness (QED) is 0.850. The van der Waals surface area contributed by atoms with E-state index in [9.17, 15) is 4.79 Å². The lowest BCUT2D eigenvalue weighted by Crippen LogP contribution is -2.37. The third kappa shape index (κ3) is 3.56. The van der Waals surface area contributed by atoms with Gasteiger partial charge in [0, 0.05) is 13.6 Å². The van der Waals surface area contributed by atoms with Crippen molar-refractivity contribution in [3.05, 3.63) is 20.8 Å². The van der Waals surface area contributed by atoms with Gasteiger partial charge in [-0.1, -0.05) is 0 Å². The fraction of sp³-hybridized carbons (Fsp3) is 0.615. The molecule has 3 nitrogen and oxygen atoms in total. The van der Waals surface area contributed by atoms with Crippen LogP contribution in [-0.2, 0) is 0 Å². The molecule has 1 aliphatic rings. The summed E-state index contributed by atoms with van der Waals surface area (Å²) in [6, 6.07) is 3.82. The molecule has 0 radical (unpaired) electrons. The van der Waals surface area contributed by atoms with E-state index in [4.69, 9.17) is 0 Å². The summed E-state index contributed by atoms with van der Waals surface area (Å²) in [7, 11) is 4.07. The average Bonchev–Trinajstić information content (AvgIpc) is 2.78. The van der Waals surface area contributed by atoms with Gasteiger partial charge in [-0.2, -0.15) is 0 Å². The number of carbonyl (C=O) groups excluding carboxylic acids is 1. The summed E-state index contributed by atoms with van der Waals surface area (Å²) in [5, 5.41) is 0. The van der Waals surface area contributed by atoms with Crippen LogP contribution in [0.3, 0.4) is 0 Å². The van der Waals surface area contributed by atoms with Gasteiger partial charge in [-0.05, 0) is 67.0 Å². The Balaban J connectivity index is 1.88. The highest BCUT2D eigenvalue weighted by Crippen LogP contribution is 2.24. The summed E-state index contributed by atoms with van der Waals surface area (Å²) in [6.45, 7) is 3.18. The van der Waals surface area contributed by atoms with Crippen molar-refractivity contribution in [1.29, 1.82) is 0 Å². The van der Waals surface area contributed by atoms with E-state index >= 15 is 0 Å². The highest BCUT2D eigenvalue weighted by Gasteiger charge is 2.21. The smallest absolute Gasteiger partial charge is 0.263 e. The zero-order chi connectivity index (χ0) is 13.1. The molecule has 1 fully saturated rings. The van der Waals surface area contributed by atoms with Crippen molar-refractivity contribution in [1.82, 2.24) is 9.80 Å². The summed E-state index contributed by atoms with van der Waals surface area (Å²) in [5.41, 5.74) is 0. The molecule has 100 valence electrons. The first-order chi connectivity index (χ1) is 8.56. The number of hydrogen-bond donors (Lipinski definition) is 0. The molecule has 0 bridgehead atoms. The Bertz CT molecular complexity index is 413. The molecule has 1 aromatic rings. The van der Waals surface area contributed by atoms with E-state index in [0.29, 0.717) is 5.92 Å². The van der Waals surface area contributed by atoms with Crippen molar-refractivity contribution >= 4 is 33.2 Å². The van der Waals surface area contributed by atoms with Crippen LogP contribution in [0.2, 0.25) is 0 Å². The summed E-state index contributed by atoms with van der Waals surface area (Å²) in [6.07, 6.45) is 2.39. The Hall–Kier alpha value is -0.390. The zero-order valence-corrected chi connectivity index (χ0v) is 13.3. The topological polar surface area (TPSA) is 23.6 Å². The molecule has 0 spiro atoms. The van der Waals surface area contributed by atoms with Crippen molar-refractivity contribution in [2.45, 2.75) is 12.8 Å². The van der Waals surface area contributed by atoms with Gasteiger partial charge in [-0.15, -0.1) is 11.3 Å². The Morgan fingerprint density at radius 1 is 1.50 bits per heavy atom. The molecule has 0 N–H and O–H groups in total. The molecule has 2 heterocycles. The molecule has 1 aliphatic heterocycles. The molecule has 1 saturated heterocycles. The van der Waals surface area contributed by atoms with Gasteiger partial charge in [-0.25, -0.2) is 0 Å². The van der Waals surface area contributed by atoms with E-state index in [1.54, 1.807) is 0 Å². The minimum Gasteiger partial charge on any atom is -0.341 e. The third-order valence-electron chi connectivity index (χ3n) is 3.50. The van der Waals surface area contributed by atoms with Crippen LogP contribution in [0.25, 0.3) is 0 Å². The average molecular weight is 331 g/mol. The monoisotopic (exact) mass is 330 g/mol. The minimum absolute atomic E-state index is 0.143. The highest BCUT2D eigenvalue weighted by molar-refractivity contribution is 9.11. The Morgan fingerprint density at radius 3 is 2.72 bits per heavy atom. The van der Waals surface area contributed by atoms with Gasteiger partial charge >= 0.3 is 0 Å². The van der Waals surface area contributed by atoms with Gasteiger partial charge in [0.1, 0.15) is 0 Å². The van der Waals surface area contributed by atoms with Crippen molar-refractivity contribution < 1.29 is 4.79 Å². The molecular weight excluding hydrogens is 312 g/mol. The second kappa shape index (κ2) is 6.17. The van der Waals surface area contributed by atoms with Crippen LogP contribution in [0.15, 0.2) is 15.9 Å². The number of thiophene rings is 1. The maximum atomic E-state index is 12.2. The number of amides is 1. The molecule has 0 saturated carbocycles. The van der Waals surface area contributed by atoms with Gasteiger partial charge in [-0.3, -0.25) is 4.79 Å². The maximum Gasteiger partial charge on any atom is 0.263 e. The van der Waals surface area contributed by atoms with E-state index in [0.717, 1.165) is 28.3 Å². The van der Waals surface area contributed by atoms with E-state index in [2.05, 4.69) is 27.9 Å². The Labute approximate surface area is 121 Å². The normalized spacial score (nSPS) is 17.9. The number of hydrogen-bond acceptors (Lipinski definition) is 3. The fourth-order valence-corrected chi connectivity index (χ4v) is 3.71. The van der Waals surface area contributed by atoms with E-state index < -0.39 is 0 Å². The number of piperidine rings is 1. The molecule has 5 heteroatoms. The predicted molar refractivity (Wildman–Crippen MR) is 79.2 cm³/mol. The number of carbonyl (C=O) groups is 1. The predicted octanol–water partition coefficient (Wildman–Crippen LogP) is 2.92. The van der Waals surface area contributed by atoms with Gasteiger partial charge in [0.05, 0.1) is 8.66 Å². The number of likely N-dealkylation sites (tertiary alicyclic amines) is 1. The van der Waals surface area contributed by atoms with E-state index in [1.165, 1.54) is 24.2 Å². The van der Waals surface area contributed by atoms with Crippen molar-refractivity contribution in [2.75, 3.05) is 33.7 Å². The van der Waals surface area contributed by atoms with Gasteiger partial charge in [0.2, 0.25) is 0 Å². The van der Waals surface area contributed by atoms with Crippen LogP contribution in [0, 0.1) is 5.92 Å². The van der Waals surface area contributed by atoms with Crippen molar-refractivity contribution in [3.63, 3.8) is 0 Å². The minimum atomic E-state index is 0.143. The first-order valence-corrected chi connectivity index (χ1v) is 7.86.